The Bertz CT molecular complexity index is 556. The maximum absolute atomic E-state index is 11.7. The van der Waals surface area contributed by atoms with Gasteiger partial charge in [-0.15, -0.1) is 0 Å². The number of aryl methyl sites for hydroxylation is 1. The van der Waals surface area contributed by atoms with E-state index in [1.807, 2.05) is 18.2 Å². The number of benzene rings is 1. The second-order valence-electron chi connectivity index (χ2n) is 5.78. The van der Waals surface area contributed by atoms with Gasteiger partial charge in [-0.3, -0.25) is 4.79 Å². The highest BCUT2D eigenvalue weighted by atomic mass is 16.3. The molecule has 1 N–H and O–H groups in total. The predicted octanol–water partition coefficient (Wildman–Crippen LogP) is 3.13. The van der Waals surface area contributed by atoms with E-state index in [0.29, 0.717) is 18.1 Å². The minimum atomic E-state index is -0.0325. The quantitative estimate of drug-likeness (QED) is 0.759. The maximum Gasteiger partial charge on any atom is 0.155 e. The summed E-state index contributed by atoms with van der Waals surface area (Å²) < 4.78 is 0. The van der Waals surface area contributed by atoms with Crippen LogP contribution in [0.4, 0.5) is 0 Å². The van der Waals surface area contributed by atoms with Crippen LogP contribution >= 0.6 is 0 Å². The lowest BCUT2D eigenvalue weighted by Gasteiger charge is -2.45. The van der Waals surface area contributed by atoms with E-state index < -0.39 is 0 Å². The number of hydrogen-bond acceptors (Lipinski definition) is 2. The van der Waals surface area contributed by atoms with Crippen LogP contribution in [-0.4, -0.2) is 10.9 Å². The molecule has 2 aliphatic rings. The molecule has 2 heteroatoms. The van der Waals surface area contributed by atoms with Crippen LogP contribution in [0.2, 0.25) is 0 Å². The lowest BCUT2D eigenvalue weighted by molar-refractivity contribution is -0.116. The Morgan fingerprint density at radius 1 is 1.33 bits per heavy atom. The van der Waals surface area contributed by atoms with Gasteiger partial charge in [0.2, 0.25) is 0 Å². The zero-order chi connectivity index (χ0) is 12.9. The SMILES string of the molecule is C[C@H]1CC(=O)C=C2CCc3cc(O)ccc3[C@@]21C. The molecule has 0 amide bonds. The third-order valence-electron chi connectivity index (χ3n) is 4.81. The summed E-state index contributed by atoms with van der Waals surface area (Å²) in [5.41, 5.74) is 3.76. The van der Waals surface area contributed by atoms with E-state index in [-0.39, 0.29) is 11.2 Å². The van der Waals surface area contributed by atoms with Gasteiger partial charge in [-0.25, -0.2) is 0 Å². The smallest absolute Gasteiger partial charge is 0.155 e. The molecule has 0 aliphatic heterocycles. The van der Waals surface area contributed by atoms with Gasteiger partial charge in [-0.2, -0.15) is 0 Å². The summed E-state index contributed by atoms with van der Waals surface area (Å²) in [6.45, 7) is 4.40. The van der Waals surface area contributed by atoms with E-state index in [4.69, 9.17) is 0 Å². The molecule has 2 nitrogen and oxygen atoms in total. The number of aromatic hydroxyl groups is 1. The zero-order valence-corrected chi connectivity index (χ0v) is 10.9. The first-order valence-corrected chi connectivity index (χ1v) is 6.58. The minimum absolute atomic E-state index is 0.0325. The van der Waals surface area contributed by atoms with Crippen molar-refractivity contribution in [2.45, 2.75) is 38.5 Å². The van der Waals surface area contributed by atoms with Crippen molar-refractivity contribution in [3.8, 4) is 5.75 Å². The number of phenols is 1. The van der Waals surface area contributed by atoms with Crippen molar-refractivity contribution >= 4 is 5.78 Å². The van der Waals surface area contributed by atoms with Crippen LogP contribution in [0.3, 0.4) is 0 Å². The van der Waals surface area contributed by atoms with Crippen LogP contribution < -0.4 is 0 Å². The molecule has 0 saturated heterocycles. The second kappa shape index (κ2) is 3.71. The Morgan fingerprint density at radius 2 is 2.11 bits per heavy atom. The molecular weight excluding hydrogens is 224 g/mol. The molecule has 0 radical (unpaired) electrons. The summed E-state index contributed by atoms with van der Waals surface area (Å²) >= 11 is 0. The molecule has 0 fully saturated rings. The number of carbonyl (C=O) groups excluding carboxylic acids is 1. The molecule has 1 aromatic rings. The van der Waals surface area contributed by atoms with Gasteiger partial charge in [0.25, 0.3) is 0 Å². The summed E-state index contributed by atoms with van der Waals surface area (Å²) in [7, 11) is 0. The van der Waals surface area contributed by atoms with Crippen LogP contribution in [-0.2, 0) is 16.6 Å². The van der Waals surface area contributed by atoms with Gasteiger partial charge in [0.05, 0.1) is 0 Å². The summed E-state index contributed by atoms with van der Waals surface area (Å²) in [6, 6.07) is 5.67. The lowest BCUT2D eigenvalue weighted by Crippen LogP contribution is -2.40. The third-order valence-corrected chi connectivity index (χ3v) is 4.81. The van der Waals surface area contributed by atoms with Crippen molar-refractivity contribution in [3.63, 3.8) is 0 Å². The molecule has 2 aliphatic carbocycles. The van der Waals surface area contributed by atoms with Crippen molar-refractivity contribution in [2.75, 3.05) is 0 Å². The molecule has 2 atom stereocenters. The molecule has 3 rings (SSSR count). The summed E-state index contributed by atoms with van der Waals surface area (Å²) in [5, 5.41) is 9.61. The van der Waals surface area contributed by atoms with Gasteiger partial charge >= 0.3 is 0 Å². The molecule has 0 saturated carbocycles. The van der Waals surface area contributed by atoms with Gasteiger partial charge in [0.1, 0.15) is 5.75 Å². The average Bonchev–Trinajstić information content (AvgIpc) is 2.31. The van der Waals surface area contributed by atoms with Crippen molar-refractivity contribution in [2.24, 2.45) is 5.92 Å². The second-order valence-corrected chi connectivity index (χ2v) is 5.78. The van der Waals surface area contributed by atoms with E-state index in [0.717, 1.165) is 12.8 Å². The average molecular weight is 242 g/mol. The first-order valence-electron chi connectivity index (χ1n) is 6.58. The molecule has 0 heterocycles. The number of allylic oxidation sites excluding steroid dienone is 2. The first-order chi connectivity index (χ1) is 8.51. The van der Waals surface area contributed by atoms with Crippen LogP contribution in [0.25, 0.3) is 0 Å². The summed E-state index contributed by atoms with van der Waals surface area (Å²) in [5.74, 6) is 0.926. The Morgan fingerprint density at radius 3 is 2.89 bits per heavy atom. The number of ketones is 1. The molecule has 18 heavy (non-hydrogen) atoms. The van der Waals surface area contributed by atoms with E-state index in [1.54, 1.807) is 6.07 Å². The topological polar surface area (TPSA) is 37.3 Å². The Hall–Kier alpha value is -1.57. The third kappa shape index (κ3) is 1.45. The van der Waals surface area contributed by atoms with Crippen LogP contribution in [0, 0.1) is 5.92 Å². The van der Waals surface area contributed by atoms with Crippen molar-refractivity contribution in [3.05, 3.63) is 41.0 Å². The predicted molar refractivity (Wildman–Crippen MR) is 70.7 cm³/mol. The monoisotopic (exact) mass is 242 g/mol. The van der Waals surface area contributed by atoms with E-state index in [9.17, 15) is 9.90 Å². The Balaban J connectivity index is 2.21. The van der Waals surface area contributed by atoms with Crippen LogP contribution in [0.5, 0.6) is 5.75 Å². The Kier molecular flexibility index (Phi) is 2.37. The number of rotatable bonds is 0. The molecule has 1 aromatic carbocycles. The number of hydrogen-bond donors (Lipinski definition) is 1. The molecule has 0 unspecified atom stereocenters. The largest absolute Gasteiger partial charge is 0.508 e. The zero-order valence-electron chi connectivity index (χ0n) is 10.9. The number of fused-ring (bicyclic) bond motifs is 3. The Labute approximate surface area is 107 Å². The number of carbonyl (C=O) groups is 1. The molecular formula is C16H18O2. The molecule has 94 valence electrons. The number of phenolic OH excluding ortho intramolecular Hbond substituents is 1. The molecule has 0 spiro atoms. The highest BCUT2D eigenvalue weighted by molar-refractivity contribution is 5.92. The van der Waals surface area contributed by atoms with Gasteiger partial charge in [0.15, 0.2) is 5.78 Å². The van der Waals surface area contributed by atoms with E-state index in [2.05, 4.69) is 13.8 Å². The van der Waals surface area contributed by atoms with Crippen molar-refractivity contribution in [1.82, 2.24) is 0 Å². The normalized spacial score (nSPS) is 30.4. The van der Waals surface area contributed by atoms with Crippen LogP contribution in [0.1, 0.15) is 37.8 Å². The lowest BCUT2D eigenvalue weighted by atomic mass is 9.58. The van der Waals surface area contributed by atoms with Gasteiger partial charge < -0.3 is 5.11 Å². The van der Waals surface area contributed by atoms with Gasteiger partial charge in [-0.1, -0.05) is 25.5 Å². The highest BCUT2D eigenvalue weighted by Crippen LogP contribution is 2.49. The molecule has 0 aromatic heterocycles. The molecule has 0 bridgehead atoms. The fourth-order valence-electron chi connectivity index (χ4n) is 3.56. The fourth-order valence-corrected chi connectivity index (χ4v) is 3.56. The van der Waals surface area contributed by atoms with Gasteiger partial charge in [-0.05, 0) is 48.1 Å². The highest BCUT2D eigenvalue weighted by Gasteiger charge is 2.43. The van der Waals surface area contributed by atoms with E-state index in [1.165, 1.54) is 16.7 Å². The minimum Gasteiger partial charge on any atom is -0.508 e. The van der Waals surface area contributed by atoms with Gasteiger partial charge in [0, 0.05) is 11.8 Å². The van der Waals surface area contributed by atoms with Crippen LogP contribution in [0.15, 0.2) is 29.8 Å². The van der Waals surface area contributed by atoms with E-state index >= 15 is 0 Å². The summed E-state index contributed by atoms with van der Waals surface area (Å²) in [6.07, 6.45) is 4.34. The van der Waals surface area contributed by atoms with Crippen molar-refractivity contribution < 1.29 is 9.90 Å². The summed E-state index contributed by atoms with van der Waals surface area (Å²) in [4.78, 5) is 11.7. The first kappa shape index (κ1) is 11.5. The fraction of sp³-hybridized carbons (Fsp3) is 0.438. The standard InChI is InChI=1S/C16H18O2/c1-10-7-14(18)9-12-4-3-11-8-13(17)5-6-15(11)16(10,12)2/h5-6,8-10,17H,3-4,7H2,1-2H3/t10-,16+/m0/s1. The maximum atomic E-state index is 11.7. The van der Waals surface area contributed by atoms with Crippen molar-refractivity contribution in [1.29, 1.82) is 0 Å².